The van der Waals surface area contributed by atoms with E-state index in [-0.39, 0.29) is 0 Å². The maximum absolute atomic E-state index is 4.94. The molecular weight excluding hydrogens is 310 g/mol. The number of rotatable bonds is 3. The highest BCUT2D eigenvalue weighted by Gasteiger charge is 2.22. The van der Waals surface area contributed by atoms with Crippen molar-refractivity contribution in [3.05, 3.63) is 34.2 Å². The molecule has 0 bridgehead atoms. The Morgan fingerprint density at radius 2 is 2.36 bits per heavy atom. The fourth-order valence-electron chi connectivity index (χ4n) is 3.32. The first-order valence-corrected chi connectivity index (χ1v) is 9.59. The Bertz CT molecular complexity index is 818. The molecule has 0 unspecified atom stereocenters. The largest absolute Gasteiger partial charge is 0.332 e. The van der Waals surface area contributed by atoms with Gasteiger partial charge in [-0.15, -0.1) is 11.8 Å². The third-order valence-corrected chi connectivity index (χ3v) is 5.79. The number of hydrogen-bond acceptors (Lipinski definition) is 4. The first-order valence-electron chi connectivity index (χ1n) is 7.67. The van der Waals surface area contributed by atoms with Gasteiger partial charge < -0.3 is 9.88 Å². The molecule has 0 aromatic carbocycles. The van der Waals surface area contributed by atoms with Crippen LogP contribution in [0.2, 0.25) is 0 Å². The molecule has 114 valence electrons. The summed E-state index contributed by atoms with van der Waals surface area (Å²) in [6.45, 7) is 4.19. The fourth-order valence-corrected chi connectivity index (χ4v) is 4.62. The molecule has 1 N–H and O–H groups in total. The van der Waals surface area contributed by atoms with E-state index in [9.17, 15) is 0 Å². The summed E-state index contributed by atoms with van der Waals surface area (Å²) < 4.78 is 2.31. The van der Waals surface area contributed by atoms with E-state index in [1.807, 2.05) is 11.8 Å². The van der Waals surface area contributed by atoms with E-state index in [1.54, 1.807) is 11.3 Å². The van der Waals surface area contributed by atoms with E-state index in [0.29, 0.717) is 0 Å². The number of fused-ring (bicyclic) bond motifs is 3. The molecule has 0 saturated heterocycles. The van der Waals surface area contributed by atoms with E-state index in [0.717, 1.165) is 35.9 Å². The summed E-state index contributed by atoms with van der Waals surface area (Å²) in [5, 5.41) is 10.4. The van der Waals surface area contributed by atoms with E-state index in [1.165, 1.54) is 27.8 Å². The predicted octanol–water partition coefficient (Wildman–Crippen LogP) is 4.06. The standard InChI is InChI=1S/C17H19N3S2/c1-3-22-15-8-12(11-5-7-21-10-11)16-13-9-18-6-4-14(13)20(2)17(16)19-15/h5,7-8,10,18H,3-4,6,9H2,1-2H3. The van der Waals surface area contributed by atoms with Gasteiger partial charge in [0.25, 0.3) is 0 Å². The van der Waals surface area contributed by atoms with E-state index >= 15 is 0 Å². The molecule has 3 nitrogen and oxygen atoms in total. The van der Waals surface area contributed by atoms with Crippen LogP contribution in [0.1, 0.15) is 18.2 Å². The molecular formula is C17H19N3S2. The van der Waals surface area contributed by atoms with Gasteiger partial charge in [-0.2, -0.15) is 11.3 Å². The summed E-state index contributed by atoms with van der Waals surface area (Å²) in [5.41, 5.74) is 6.66. The van der Waals surface area contributed by atoms with Gasteiger partial charge >= 0.3 is 0 Å². The number of aryl methyl sites for hydroxylation is 1. The van der Waals surface area contributed by atoms with E-state index < -0.39 is 0 Å². The lowest BCUT2D eigenvalue weighted by molar-refractivity contribution is 0.621. The van der Waals surface area contributed by atoms with Crippen LogP contribution in [0.15, 0.2) is 27.9 Å². The molecule has 0 radical (unpaired) electrons. The van der Waals surface area contributed by atoms with Gasteiger partial charge in [-0.3, -0.25) is 0 Å². The van der Waals surface area contributed by atoms with E-state index in [4.69, 9.17) is 4.98 Å². The molecule has 0 spiro atoms. The van der Waals surface area contributed by atoms with Crippen LogP contribution in [0, 0.1) is 0 Å². The van der Waals surface area contributed by atoms with Gasteiger partial charge in [0.1, 0.15) is 5.65 Å². The molecule has 5 heteroatoms. The summed E-state index contributed by atoms with van der Waals surface area (Å²) in [6.07, 6.45) is 1.08. The van der Waals surface area contributed by atoms with Gasteiger partial charge in [0, 0.05) is 37.6 Å². The lowest BCUT2D eigenvalue weighted by Crippen LogP contribution is -2.24. The van der Waals surface area contributed by atoms with Gasteiger partial charge in [-0.25, -0.2) is 4.98 Å². The Morgan fingerprint density at radius 3 is 3.14 bits per heavy atom. The maximum atomic E-state index is 4.94. The Hall–Kier alpha value is -1.30. The number of nitrogens with zero attached hydrogens (tertiary/aromatic N) is 2. The molecule has 4 heterocycles. The van der Waals surface area contributed by atoms with E-state index in [2.05, 4.69) is 46.7 Å². The Labute approximate surface area is 138 Å². The number of thiophene rings is 1. The number of nitrogens with one attached hydrogen (secondary N) is 1. The summed E-state index contributed by atoms with van der Waals surface area (Å²) in [4.78, 5) is 4.94. The SMILES string of the molecule is CCSc1cc(-c2ccsc2)c2c3c(n(C)c2n1)CCNC3. The lowest BCUT2D eigenvalue weighted by Gasteiger charge is -2.15. The minimum absolute atomic E-state index is 0.950. The highest BCUT2D eigenvalue weighted by atomic mass is 32.2. The van der Waals surface area contributed by atoms with Crippen molar-refractivity contribution >= 4 is 34.1 Å². The number of thioether (sulfide) groups is 1. The summed E-state index contributed by atoms with van der Waals surface area (Å²) in [5.74, 6) is 1.05. The molecule has 0 atom stereocenters. The second-order valence-electron chi connectivity index (χ2n) is 5.56. The zero-order chi connectivity index (χ0) is 15.1. The topological polar surface area (TPSA) is 29.9 Å². The van der Waals surface area contributed by atoms with Crippen LogP contribution in [0.25, 0.3) is 22.2 Å². The molecule has 1 aliphatic heterocycles. The molecule has 3 aromatic rings. The van der Waals surface area contributed by atoms with Crippen LogP contribution in [0.5, 0.6) is 0 Å². The third kappa shape index (κ3) is 2.19. The van der Waals surface area contributed by atoms with Crippen LogP contribution in [0.4, 0.5) is 0 Å². The van der Waals surface area contributed by atoms with Crippen molar-refractivity contribution in [2.24, 2.45) is 7.05 Å². The normalized spacial score (nSPS) is 14.5. The summed E-state index contributed by atoms with van der Waals surface area (Å²) in [6, 6.07) is 4.49. The molecule has 22 heavy (non-hydrogen) atoms. The Balaban J connectivity index is 2.06. The summed E-state index contributed by atoms with van der Waals surface area (Å²) in [7, 11) is 2.16. The molecule has 0 fully saturated rings. The molecule has 0 aliphatic carbocycles. The van der Waals surface area contributed by atoms with Crippen molar-refractivity contribution in [2.45, 2.75) is 24.9 Å². The lowest BCUT2D eigenvalue weighted by atomic mass is 10.0. The Kier molecular flexibility index (Phi) is 3.72. The van der Waals surface area contributed by atoms with Crippen LogP contribution >= 0.6 is 23.1 Å². The van der Waals surface area contributed by atoms with Crippen molar-refractivity contribution in [1.82, 2.24) is 14.9 Å². The minimum atomic E-state index is 0.950. The maximum Gasteiger partial charge on any atom is 0.142 e. The molecule has 0 amide bonds. The Morgan fingerprint density at radius 1 is 1.45 bits per heavy atom. The first kappa shape index (κ1) is 14.3. The number of hydrogen-bond donors (Lipinski definition) is 1. The van der Waals surface area contributed by atoms with Crippen LogP contribution in [0.3, 0.4) is 0 Å². The average molecular weight is 329 g/mol. The van der Waals surface area contributed by atoms with Crippen molar-refractivity contribution in [2.75, 3.05) is 12.3 Å². The molecule has 3 aromatic heterocycles. The number of aromatic nitrogens is 2. The van der Waals surface area contributed by atoms with Crippen LogP contribution in [-0.2, 0) is 20.0 Å². The van der Waals surface area contributed by atoms with Gasteiger partial charge in [-0.1, -0.05) is 6.92 Å². The van der Waals surface area contributed by atoms with Gasteiger partial charge in [0.05, 0.1) is 5.03 Å². The zero-order valence-corrected chi connectivity index (χ0v) is 14.5. The summed E-state index contributed by atoms with van der Waals surface area (Å²) >= 11 is 3.58. The van der Waals surface area contributed by atoms with Crippen molar-refractivity contribution in [1.29, 1.82) is 0 Å². The predicted molar refractivity (Wildman–Crippen MR) is 95.8 cm³/mol. The van der Waals surface area contributed by atoms with Crippen molar-refractivity contribution in [3.63, 3.8) is 0 Å². The van der Waals surface area contributed by atoms with Crippen molar-refractivity contribution in [3.8, 4) is 11.1 Å². The van der Waals surface area contributed by atoms with Gasteiger partial charge in [0.2, 0.25) is 0 Å². The second kappa shape index (κ2) is 5.72. The highest BCUT2D eigenvalue weighted by Crippen LogP contribution is 2.38. The molecule has 0 saturated carbocycles. The second-order valence-corrected chi connectivity index (χ2v) is 7.63. The van der Waals surface area contributed by atoms with Gasteiger partial charge in [-0.05, 0) is 45.3 Å². The first-order chi connectivity index (χ1) is 10.8. The highest BCUT2D eigenvalue weighted by molar-refractivity contribution is 7.99. The minimum Gasteiger partial charge on any atom is -0.332 e. The monoisotopic (exact) mass is 329 g/mol. The fraction of sp³-hybridized carbons (Fsp3) is 0.353. The zero-order valence-electron chi connectivity index (χ0n) is 12.8. The van der Waals surface area contributed by atoms with Crippen molar-refractivity contribution < 1.29 is 0 Å². The third-order valence-electron chi connectivity index (χ3n) is 4.31. The average Bonchev–Trinajstić information content (AvgIpc) is 3.16. The van der Waals surface area contributed by atoms with Crippen LogP contribution < -0.4 is 5.32 Å². The van der Waals surface area contributed by atoms with Gasteiger partial charge in [0.15, 0.2) is 0 Å². The molecule has 1 aliphatic rings. The molecule has 4 rings (SSSR count). The number of pyridine rings is 1. The van der Waals surface area contributed by atoms with Crippen LogP contribution in [-0.4, -0.2) is 21.8 Å². The quantitative estimate of drug-likeness (QED) is 0.735. The smallest absolute Gasteiger partial charge is 0.142 e.